The molecule has 4 fully saturated rings. The lowest BCUT2D eigenvalue weighted by molar-refractivity contribution is -0.187. The Bertz CT molecular complexity index is 2500. The highest BCUT2D eigenvalue weighted by atomic mass is 16.7. The van der Waals surface area contributed by atoms with Gasteiger partial charge in [-0.05, 0) is 286 Å². The van der Waals surface area contributed by atoms with Gasteiger partial charge in [0.25, 0.3) is 0 Å². The van der Waals surface area contributed by atoms with Crippen molar-refractivity contribution in [1.29, 1.82) is 0 Å². The minimum atomic E-state index is 0.0196. The third kappa shape index (κ3) is 36.1. The maximum Gasteiger partial charge on any atom is 0.154 e. The van der Waals surface area contributed by atoms with Crippen LogP contribution < -0.4 is 0 Å². The molecule has 10 rings (SSSR count). The van der Waals surface area contributed by atoms with E-state index in [2.05, 4.69) is 284 Å². The molecule has 3 heterocycles. The van der Waals surface area contributed by atoms with Gasteiger partial charge in [0, 0.05) is 19.1 Å². The van der Waals surface area contributed by atoms with Crippen molar-refractivity contribution in [2.75, 3.05) is 26.4 Å². The molecule has 0 radical (unpaired) electrons. The molecule has 1 aliphatic carbocycles. The molecular formula is C84H132O4. The van der Waals surface area contributed by atoms with Crippen LogP contribution in [-0.2, 0) is 18.9 Å². The lowest BCUT2D eigenvalue weighted by atomic mass is 9.84. The zero-order valence-corrected chi connectivity index (χ0v) is 62.0. The predicted molar refractivity (Wildman–Crippen MR) is 388 cm³/mol. The Morgan fingerprint density at radius 1 is 0.216 bits per heavy atom. The number of hydrogen-bond donors (Lipinski definition) is 0. The summed E-state index contributed by atoms with van der Waals surface area (Å²) in [5, 5.41) is 0. The molecule has 492 valence electrons. The average molecular weight is 1210 g/mol. The summed E-state index contributed by atoms with van der Waals surface area (Å²) in [5.41, 5.74) is 27.7. The number of benzene rings is 6. The molecule has 4 heteroatoms. The van der Waals surface area contributed by atoms with Crippen molar-refractivity contribution in [1.82, 2.24) is 0 Å². The Labute approximate surface area is 544 Å². The van der Waals surface area contributed by atoms with Crippen LogP contribution >= 0.6 is 0 Å². The summed E-state index contributed by atoms with van der Waals surface area (Å²) in [6.07, 6.45) is 12.2. The third-order valence-corrected chi connectivity index (χ3v) is 18.0. The van der Waals surface area contributed by atoms with Gasteiger partial charge in [-0.2, -0.15) is 0 Å². The van der Waals surface area contributed by atoms with Crippen LogP contribution in [0.4, 0.5) is 0 Å². The second-order valence-corrected chi connectivity index (χ2v) is 27.7. The molecule has 1 saturated carbocycles. The first kappa shape index (κ1) is 81.2. The van der Waals surface area contributed by atoms with E-state index in [1.807, 2.05) is 6.92 Å². The molecule has 6 aromatic rings. The van der Waals surface area contributed by atoms with Gasteiger partial charge in [0.1, 0.15) is 0 Å². The monoisotopic (exact) mass is 1210 g/mol. The highest BCUT2D eigenvalue weighted by Gasteiger charge is 2.16. The van der Waals surface area contributed by atoms with Crippen molar-refractivity contribution in [3.8, 4) is 0 Å². The summed E-state index contributed by atoms with van der Waals surface area (Å²) in [5.74, 6) is 4.21. The third-order valence-electron chi connectivity index (χ3n) is 18.0. The van der Waals surface area contributed by atoms with Crippen LogP contribution in [0.25, 0.3) is 0 Å². The lowest BCUT2D eigenvalue weighted by Crippen LogP contribution is -2.27. The fourth-order valence-electron chi connectivity index (χ4n) is 10.2. The van der Waals surface area contributed by atoms with Gasteiger partial charge in [-0.1, -0.05) is 191 Å². The van der Waals surface area contributed by atoms with E-state index in [1.54, 1.807) is 0 Å². The molecule has 4 aliphatic rings. The molecule has 0 bridgehead atoms. The SMILES string of the molecule is CC1CCC(C)CC1.CC1COC(C)OC1.C[C@@H]1CC[C@H](C)OC1.C[C@H]1CC[C@@H](C)OC1.Cc1cc(C)c(C)c(C)c1.Cc1cc(C)c(C)c(C)c1.Cc1ccc(C)c(C)c1.Cc1ccc(C)c(C)c1.Cc1ccc(C)c(C)c1C.Cc1ccc(C)cc1. The van der Waals surface area contributed by atoms with Crippen molar-refractivity contribution in [3.05, 3.63) is 208 Å². The zero-order chi connectivity index (χ0) is 66.8. The maximum absolute atomic E-state index is 5.39. The molecular weight excluding hydrogens is 1070 g/mol. The topological polar surface area (TPSA) is 36.9 Å². The fourth-order valence-corrected chi connectivity index (χ4v) is 10.2. The smallest absolute Gasteiger partial charge is 0.154 e. The lowest BCUT2D eigenvalue weighted by Gasteiger charge is -2.24. The summed E-state index contributed by atoms with van der Waals surface area (Å²) in [4.78, 5) is 0. The summed E-state index contributed by atoms with van der Waals surface area (Å²) >= 11 is 0. The minimum absolute atomic E-state index is 0.0196. The quantitative estimate of drug-likeness (QED) is 0.152. The number of aryl methyl sites for hydroxylation is 16. The van der Waals surface area contributed by atoms with Gasteiger partial charge in [0.2, 0.25) is 0 Å². The Hall–Kier alpha value is -4.84. The van der Waals surface area contributed by atoms with E-state index in [-0.39, 0.29) is 6.29 Å². The highest BCUT2D eigenvalue weighted by Crippen LogP contribution is 2.27. The standard InChI is InChI=1S/3C10H14.2C9H12.C8H16.C8H10.2C7H14O.C6H12O2/c2*1-7-5-8(2)10(4)9(3)6-7;1-7-5-6-8(2)10(4)9(7)3;2*1-7-4-5-8(2)9(3)6-7;2*1-7-3-5-8(2)6-4-7;2*1-6-3-4-7(2)8-5-6;1-5-3-7-6(2)8-4-5/h3*5-6H,1-4H3;2*4-6H,1-3H3;7-8H,3-6H2,1-2H3;3-6H,1-2H3;2*6-7H,3-5H2,1-2H3;5-6H,3-4H2,1-2H3/t;;;;;;;2*6-,7+;/m.......10./s1. The first-order valence-electron chi connectivity index (χ1n) is 33.9. The van der Waals surface area contributed by atoms with Crippen molar-refractivity contribution < 1.29 is 18.9 Å². The van der Waals surface area contributed by atoms with E-state index >= 15 is 0 Å². The molecule has 0 N–H and O–H groups in total. The largest absolute Gasteiger partial charge is 0.378 e. The molecule has 0 spiro atoms. The van der Waals surface area contributed by atoms with E-state index in [9.17, 15) is 0 Å². The van der Waals surface area contributed by atoms with Gasteiger partial charge in [0.05, 0.1) is 25.4 Å². The minimum Gasteiger partial charge on any atom is -0.378 e. The van der Waals surface area contributed by atoms with Crippen LogP contribution in [0.15, 0.2) is 97.1 Å². The first-order valence-corrected chi connectivity index (χ1v) is 33.9. The predicted octanol–water partition coefficient (Wildman–Crippen LogP) is 23.8. The Morgan fingerprint density at radius 2 is 0.466 bits per heavy atom. The van der Waals surface area contributed by atoms with Gasteiger partial charge in [-0.25, -0.2) is 0 Å². The summed E-state index contributed by atoms with van der Waals surface area (Å²) < 4.78 is 21.1. The summed E-state index contributed by atoms with van der Waals surface area (Å²) in [6, 6.07) is 34.7. The van der Waals surface area contributed by atoms with Crippen LogP contribution in [0.1, 0.15) is 218 Å². The zero-order valence-electron chi connectivity index (χ0n) is 62.0. The van der Waals surface area contributed by atoms with Crippen molar-refractivity contribution >= 4 is 0 Å². The van der Waals surface area contributed by atoms with Gasteiger partial charge in [-0.15, -0.1) is 0 Å². The highest BCUT2D eigenvalue weighted by molar-refractivity contribution is 5.39. The maximum atomic E-state index is 5.39. The van der Waals surface area contributed by atoms with Crippen LogP contribution in [0, 0.1) is 168 Å². The molecule has 0 aromatic heterocycles. The Balaban J connectivity index is 0.000000489. The van der Waals surface area contributed by atoms with E-state index in [4.69, 9.17) is 18.9 Å². The van der Waals surface area contributed by atoms with Gasteiger partial charge in [-0.3, -0.25) is 0 Å². The van der Waals surface area contributed by atoms with E-state index in [0.717, 1.165) is 50.1 Å². The van der Waals surface area contributed by atoms with Crippen LogP contribution in [0.3, 0.4) is 0 Å². The fraction of sp³-hybridized carbons (Fsp3) is 0.571. The number of ether oxygens (including phenoxy) is 4. The normalized spacial score (nSPS) is 20.7. The molecule has 0 unspecified atom stereocenters. The molecule has 4 atom stereocenters. The average Bonchev–Trinajstić information content (AvgIpc) is 3.10. The first-order chi connectivity index (χ1) is 41.2. The van der Waals surface area contributed by atoms with Gasteiger partial charge in [0.15, 0.2) is 6.29 Å². The molecule has 88 heavy (non-hydrogen) atoms. The molecule has 3 saturated heterocycles. The van der Waals surface area contributed by atoms with E-state index < -0.39 is 0 Å². The Morgan fingerprint density at radius 3 is 0.705 bits per heavy atom. The van der Waals surface area contributed by atoms with Crippen molar-refractivity contribution in [2.24, 2.45) is 29.6 Å². The van der Waals surface area contributed by atoms with Crippen LogP contribution in [-0.4, -0.2) is 44.9 Å². The second kappa shape index (κ2) is 43.8. The van der Waals surface area contributed by atoms with Crippen LogP contribution in [0.5, 0.6) is 0 Å². The summed E-state index contributed by atoms with van der Waals surface area (Å²) in [7, 11) is 0. The number of rotatable bonds is 0. The van der Waals surface area contributed by atoms with Crippen LogP contribution in [0.2, 0.25) is 0 Å². The molecule has 0 amide bonds. The van der Waals surface area contributed by atoms with Crippen molar-refractivity contribution in [3.63, 3.8) is 0 Å². The van der Waals surface area contributed by atoms with E-state index in [0.29, 0.717) is 18.1 Å². The molecule has 4 nitrogen and oxygen atoms in total. The van der Waals surface area contributed by atoms with Gasteiger partial charge < -0.3 is 18.9 Å². The second-order valence-electron chi connectivity index (χ2n) is 27.7. The van der Waals surface area contributed by atoms with E-state index in [1.165, 1.54) is 163 Å². The van der Waals surface area contributed by atoms with Crippen molar-refractivity contribution in [2.45, 2.75) is 264 Å². The molecule has 3 aliphatic heterocycles. The Kier molecular flexibility index (Phi) is 40.4. The molecule has 6 aromatic carbocycles. The number of hydrogen-bond acceptors (Lipinski definition) is 4. The summed E-state index contributed by atoms with van der Waals surface area (Å²) in [6.45, 7) is 64.1. The van der Waals surface area contributed by atoms with Gasteiger partial charge >= 0.3 is 0 Å².